The van der Waals surface area contributed by atoms with Crippen molar-refractivity contribution in [2.24, 2.45) is 5.73 Å². The van der Waals surface area contributed by atoms with Gasteiger partial charge in [-0.05, 0) is 12.1 Å². The van der Waals surface area contributed by atoms with Gasteiger partial charge in [-0.1, -0.05) is 6.07 Å². The predicted molar refractivity (Wildman–Crippen MR) is 59.0 cm³/mol. The molecule has 5 heteroatoms. The Kier molecular flexibility index (Phi) is 1.67. The van der Waals surface area contributed by atoms with Crippen LogP contribution in [-0.2, 0) is 0 Å². The molecule has 2 N–H and O–H groups in total. The molecule has 0 aliphatic carbocycles. The van der Waals surface area contributed by atoms with E-state index in [1.165, 1.54) is 0 Å². The van der Waals surface area contributed by atoms with Gasteiger partial charge in [-0.2, -0.15) is 0 Å². The van der Waals surface area contributed by atoms with E-state index in [1.807, 2.05) is 10.5 Å². The standard InChI is InChI=1S/C11H8N4O/c12-11(16)7-2-1-3-8-10(7)14-9-6-13-4-5-15(8)9/h1-6H,(H2,12,16). The van der Waals surface area contributed by atoms with Crippen LogP contribution in [0.25, 0.3) is 16.7 Å². The maximum absolute atomic E-state index is 11.2. The summed E-state index contributed by atoms with van der Waals surface area (Å²) in [5.74, 6) is -0.470. The molecule has 1 aromatic carbocycles. The molecule has 0 atom stereocenters. The molecular weight excluding hydrogens is 204 g/mol. The SMILES string of the molecule is NC(=O)c1cccc2c1nc1cnccn12. The van der Waals surface area contributed by atoms with Crippen LogP contribution in [0, 0.1) is 0 Å². The molecule has 78 valence electrons. The molecule has 0 aliphatic heterocycles. The molecule has 0 saturated heterocycles. The van der Waals surface area contributed by atoms with Gasteiger partial charge in [0.1, 0.15) is 5.52 Å². The number of imidazole rings is 1. The van der Waals surface area contributed by atoms with Gasteiger partial charge in [0.15, 0.2) is 5.65 Å². The normalized spacial score (nSPS) is 11.0. The van der Waals surface area contributed by atoms with Gasteiger partial charge in [0.05, 0.1) is 17.3 Å². The number of hydrogen-bond acceptors (Lipinski definition) is 3. The first kappa shape index (κ1) is 8.84. The van der Waals surface area contributed by atoms with E-state index in [9.17, 15) is 4.79 Å². The predicted octanol–water partition coefficient (Wildman–Crippen LogP) is 0.981. The van der Waals surface area contributed by atoms with Gasteiger partial charge in [-0.3, -0.25) is 14.2 Å². The van der Waals surface area contributed by atoms with Crippen molar-refractivity contribution in [2.45, 2.75) is 0 Å². The molecule has 2 heterocycles. The van der Waals surface area contributed by atoms with Crippen LogP contribution in [0.1, 0.15) is 10.4 Å². The van der Waals surface area contributed by atoms with Gasteiger partial charge < -0.3 is 5.73 Å². The third kappa shape index (κ3) is 1.08. The van der Waals surface area contributed by atoms with Crippen molar-refractivity contribution in [3.8, 4) is 0 Å². The lowest BCUT2D eigenvalue weighted by atomic mass is 10.2. The van der Waals surface area contributed by atoms with E-state index < -0.39 is 5.91 Å². The van der Waals surface area contributed by atoms with Crippen LogP contribution in [0.3, 0.4) is 0 Å². The molecular formula is C11H8N4O. The topological polar surface area (TPSA) is 73.3 Å². The lowest BCUT2D eigenvalue weighted by Crippen LogP contribution is -2.11. The molecule has 2 aromatic heterocycles. The van der Waals surface area contributed by atoms with Crippen molar-refractivity contribution in [3.63, 3.8) is 0 Å². The van der Waals surface area contributed by atoms with Gasteiger partial charge in [-0.15, -0.1) is 0 Å². The van der Waals surface area contributed by atoms with Crippen LogP contribution >= 0.6 is 0 Å². The highest BCUT2D eigenvalue weighted by atomic mass is 16.1. The molecule has 5 nitrogen and oxygen atoms in total. The Morgan fingerprint density at radius 2 is 2.25 bits per heavy atom. The fourth-order valence-electron chi connectivity index (χ4n) is 1.80. The van der Waals surface area contributed by atoms with Crippen LogP contribution in [-0.4, -0.2) is 20.3 Å². The second-order valence-electron chi connectivity index (χ2n) is 3.45. The summed E-state index contributed by atoms with van der Waals surface area (Å²) in [7, 11) is 0. The summed E-state index contributed by atoms with van der Waals surface area (Å²) >= 11 is 0. The first-order valence-electron chi connectivity index (χ1n) is 4.78. The van der Waals surface area contributed by atoms with Gasteiger partial charge in [0.25, 0.3) is 5.91 Å². The number of primary amides is 1. The summed E-state index contributed by atoms with van der Waals surface area (Å²) in [4.78, 5) is 19.6. The number of carbonyl (C=O) groups is 1. The molecule has 0 spiro atoms. The monoisotopic (exact) mass is 212 g/mol. The molecule has 0 radical (unpaired) electrons. The maximum atomic E-state index is 11.2. The van der Waals surface area contributed by atoms with E-state index >= 15 is 0 Å². The third-order valence-electron chi connectivity index (χ3n) is 2.50. The van der Waals surface area contributed by atoms with Crippen LogP contribution in [0.5, 0.6) is 0 Å². The Balaban J connectivity index is 2.54. The number of amides is 1. The quantitative estimate of drug-likeness (QED) is 0.653. The average Bonchev–Trinajstić information content (AvgIpc) is 2.67. The van der Waals surface area contributed by atoms with Crippen LogP contribution in [0.2, 0.25) is 0 Å². The fourth-order valence-corrected chi connectivity index (χ4v) is 1.80. The van der Waals surface area contributed by atoms with E-state index in [2.05, 4.69) is 9.97 Å². The molecule has 0 aliphatic rings. The molecule has 1 amide bonds. The Hall–Kier alpha value is -2.43. The van der Waals surface area contributed by atoms with Gasteiger partial charge in [0, 0.05) is 12.4 Å². The van der Waals surface area contributed by atoms with Crippen LogP contribution in [0.4, 0.5) is 0 Å². The zero-order valence-corrected chi connectivity index (χ0v) is 8.29. The largest absolute Gasteiger partial charge is 0.366 e. The lowest BCUT2D eigenvalue weighted by Gasteiger charge is -1.96. The minimum Gasteiger partial charge on any atom is -0.366 e. The molecule has 3 aromatic rings. The number of nitrogens with zero attached hydrogens (tertiary/aromatic N) is 3. The third-order valence-corrected chi connectivity index (χ3v) is 2.50. The Labute approximate surface area is 90.5 Å². The summed E-state index contributed by atoms with van der Waals surface area (Å²) in [6, 6.07) is 5.35. The highest BCUT2D eigenvalue weighted by Gasteiger charge is 2.11. The molecule has 0 saturated carbocycles. The number of para-hydroxylation sites is 1. The first-order chi connectivity index (χ1) is 7.77. The van der Waals surface area contributed by atoms with E-state index in [4.69, 9.17) is 5.73 Å². The maximum Gasteiger partial charge on any atom is 0.250 e. The summed E-state index contributed by atoms with van der Waals surface area (Å²) < 4.78 is 1.87. The summed E-state index contributed by atoms with van der Waals surface area (Å²) in [5.41, 5.74) is 7.90. The Morgan fingerprint density at radius 3 is 3.06 bits per heavy atom. The van der Waals surface area contributed by atoms with E-state index in [0.717, 1.165) is 5.52 Å². The van der Waals surface area contributed by atoms with Crippen molar-refractivity contribution in [3.05, 3.63) is 42.4 Å². The smallest absolute Gasteiger partial charge is 0.250 e. The van der Waals surface area contributed by atoms with Crippen molar-refractivity contribution in [1.29, 1.82) is 0 Å². The first-order valence-corrected chi connectivity index (χ1v) is 4.78. The van der Waals surface area contributed by atoms with Crippen LogP contribution < -0.4 is 5.73 Å². The minimum atomic E-state index is -0.470. The fraction of sp³-hybridized carbons (Fsp3) is 0. The number of benzene rings is 1. The highest BCUT2D eigenvalue weighted by molar-refractivity contribution is 6.04. The van der Waals surface area contributed by atoms with Crippen molar-refractivity contribution in [1.82, 2.24) is 14.4 Å². The van der Waals surface area contributed by atoms with Gasteiger partial charge in [-0.25, -0.2) is 4.98 Å². The number of aromatic nitrogens is 3. The van der Waals surface area contributed by atoms with Gasteiger partial charge >= 0.3 is 0 Å². The van der Waals surface area contributed by atoms with E-state index in [0.29, 0.717) is 16.7 Å². The molecule has 16 heavy (non-hydrogen) atoms. The summed E-state index contributed by atoms with van der Waals surface area (Å²) in [6.07, 6.45) is 5.12. The Morgan fingerprint density at radius 1 is 1.38 bits per heavy atom. The molecule has 0 fully saturated rings. The number of hydrogen-bond donors (Lipinski definition) is 1. The van der Waals surface area contributed by atoms with E-state index in [-0.39, 0.29) is 0 Å². The summed E-state index contributed by atoms with van der Waals surface area (Å²) in [5, 5.41) is 0. The highest BCUT2D eigenvalue weighted by Crippen LogP contribution is 2.19. The second-order valence-corrected chi connectivity index (χ2v) is 3.45. The van der Waals surface area contributed by atoms with Crippen LogP contribution in [0.15, 0.2) is 36.8 Å². The molecule has 0 unspecified atom stereocenters. The zero-order chi connectivity index (χ0) is 11.1. The lowest BCUT2D eigenvalue weighted by molar-refractivity contribution is 0.100. The second kappa shape index (κ2) is 3.03. The summed E-state index contributed by atoms with van der Waals surface area (Å²) in [6.45, 7) is 0. The van der Waals surface area contributed by atoms with E-state index in [1.54, 1.807) is 30.7 Å². The van der Waals surface area contributed by atoms with Crippen molar-refractivity contribution in [2.75, 3.05) is 0 Å². The molecule has 3 rings (SSSR count). The average molecular weight is 212 g/mol. The van der Waals surface area contributed by atoms with Crippen molar-refractivity contribution < 1.29 is 4.79 Å². The zero-order valence-electron chi connectivity index (χ0n) is 8.29. The number of nitrogens with two attached hydrogens (primary N) is 1. The number of carbonyl (C=O) groups excluding carboxylic acids is 1. The Bertz CT molecular complexity index is 701. The van der Waals surface area contributed by atoms with Crippen molar-refractivity contribution >= 4 is 22.6 Å². The number of rotatable bonds is 1. The molecule has 0 bridgehead atoms. The van der Waals surface area contributed by atoms with Gasteiger partial charge in [0.2, 0.25) is 0 Å². The number of fused-ring (bicyclic) bond motifs is 3. The minimum absolute atomic E-state index is 0.432.